The number of aromatic nitrogens is 1. The number of hydrogen-bond donors (Lipinski definition) is 0. The first-order chi connectivity index (χ1) is 6.65. The summed E-state index contributed by atoms with van der Waals surface area (Å²) in [5.41, 5.74) is 1.76. The zero-order valence-corrected chi connectivity index (χ0v) is 9.74. The smallest absolute Gasteiger partial charge is 0.325 e. The molecular weight excluding hydrogens is 246 g/mol. The minimum absolute atomic E-state index is 0.300. The SMILES string of the molecule is CCOC(=O)C(Br)c1cc(C)ccn1. The van der Waals surface area contributed by atoms with Crippen molar-refractivity contribution < 1.29 is 9.53 Å². The maximum absolute atomic E-state index is 11.3. The summed E-state index contributed by atoms with van der Waals surface area (Å²) in [5.74, 6) is -0.300. The van der Waals surface area contributed by atoms with E-state index in [1.54, 1.807) is 13.1 Å². The van der Waals surface area contributed by atoms with E-state index in [2.05, 4.69) is 20.9 Å². The van der Waals surface area contributed by atoms with Gasteiger partial charge >= 0.3 is 5.97 Å². The average Bonchev–Trinajstić information content (AvgIpc) is 2.17. The summed E-state index contributed by atoms with van der Waals surface area (Å²) < 4.78 is 4.87. The second-order valence-electron chi connectivity index (χ2n) is 2.87. The minimum Gasteiger partial charge on any atom is -0.465 e. The molecule has 1 aromatic rings. The first kappa shape index (κ1) is 11.2. The van der Waals surface area contributed by atoms with Crippen LogP contribution in [0.25, 0.3) is 0 Å². The molecule has 1 heterocycles. The quantitative estimate of drug-likeness (QED) is 0.617. The highest BCUT2D eigenvalue weighted by Gasteiger charge is 2.19. The lowest BCUT2D eigenvalue weighted by molar-refractivity contribution is -0.142. The van der Waals surface area contributed by atoms with Crippen molar-refractivity contribution >= 4 is 21.9 Å². The number of hydrogen-bond acceptors (Lipinski definition) is 3. The van der Waals surface area contributed by atoms with Gasteiger partial charge in [-0.05, 0) is 31.5 Å². The number of esters is 1. The minimum atomic E-state index is -0.470. The van der Waals surface area contributed by atoms with Crippen molar-refractivity contribution in [3.05, 3.63) is 29.6 Å². The highest BCUT2D eigenvalue weighted by Crippen LogP contribution is 2.22. The summed E-state index contributed by atoms with van der Waals surface area (Å²) in [5, 5.41) is 0. The second kappa shape index (κ2) is 5.10. The molecule has 0 spiro atoms. The Bertz CT molecular complexity index is 328. The molecule has 0 bridgehead atoms. The molecule has 0 amide bonds. The third-order valence-electron chi connectivity index (χ3n) is 1.69. The third-order valence-corrected chi connectivity index (χ3v) is 2.53. The zero-order chi connectivity index (χ0) is 10.6. The topological polar surface area (TPSA) is 39.2 Å². The molecule has 3 nitrogen and oxygen atoms in total. The van der Waals surface area contributed by atoms with E-state index >= 15 is 0 Å². The third kappa shape index (κ3) is 2.80. The van der Waals surface area contributed by atoms with E-state index in [-0.39, 0.29) is 5.97 Å². The first-order valence-electron chi connectivity index (χ1n) is 4.38. The van der Waals surface area contributed by atoms with Crippen LogP contribution >= 0.6 is 15.9 Å². The van der Waals surface area contributed by atoms with Crippen LogP contribution in [0.5, 0.6) is 0 Å². The number of carbonyl (C=O) groups excluding carboxylic acids is 1. The van der Waals surface area contributed by atoms with Crippen LogP contribution in [0.1, 0.15) is 23.0 Å². The molecule has 0 saturated heterocycles. The number of halogens is 1. The van der Waals surface area contributed by atoms with Gasteiger partial charge in [-0.15, -0.1) is 0 Å². The van der Waals surface area contributed by atoms with Crippen molar-refractivity contribution in [2.75, 3.05) is 6.61 Å². The van der Waals surface area contributed by atoms with Gasteiger partial charge in [-0.1, -0.05) is 15.9 Å². The molecule has 0 aliphatic carbocycles. The number of carbonyl (C=O) groups is 1. The van der Waals surface area contributed by atoms with Crippen LogP contribution in [0.2, 0.25) is 0 Å². The van der Waals surface area contributed by atoms with E-state index in [0.717, 1.165) is 5.56 Å². The average molecular weight is 258 g/mol. The van der Waals surface area contributed by atoms with Gasteiger partial charge in [-0.25, -0.2) is 0 Å². The molecule has 0 aliphatic rings. The summed E-state index contributed by atoms with van der Waals surface area (Å²) >= 11 is 3.25. The zero-order valence-electron chi connectivity index (χ0n) is 8.16. The molecule has 0 aliphatic heterocycles. The van der Waals surface area contributed by atoms with Crippen LogP contribution in [0.15, 0.2) is 18.3 Å². The number of aryl methyl sites for hydroxylation is 1. The number of rotatable bonds is 3. The molecule has 0 aromatic carbocycles. The van der Waals surface area contributed by atoms with Crippen molar-refractivity contribution in [2.24, 2.45) is 0 Å². The van der Waals surface area contributed by atoms with Gasteiger partial charge in [0, 0.05) is 6.20 Å². The summed E-state index contributed by atoms with van der Waals surface area (Å²) in [4.78, 5) is 15.0. The van der Waals surface area contributed by atoms with Crippen LogP contribution in [0.3, 0.4) is 0 Å². The predicted octanol–water partition coefficient (Wildman–Crippen LogP) is 2.39. The number of pyridine rings is 1. The maximum atomic E-state index is 11.3. The van der Waals surface area contributed by atoms with E-state index in [1.807, 2.05) is 19.1 Å². The van der Waals surface area contributed by atoms with Crippen LogP contribution in [0, 0.1) is 6.92 Å². The van der Waals surface area contributed by atoms with E-state index in [4.69, 9.17) is 4.74 Å². The fourth-order valence-corrected chi connectivity index (χ4v) is 1.42. The molecular formula is C10H12BrNO2. The Balaban J connectivity index is 2.78. The molecule has 1 rings (SSSR count). The lowest BCUT2D eigenvalue weighted by atomic mass is 10.2. The molecule has 1 unspecified atom stereocenters. The van der Waals surface area contributed by atoms with E-state index < -0.39 is 4.83 Å². The number of ether oxygens (including phenoxy) is 1. The van der Waals surface area contributed by atoms with Crippen LogP contribution < -0.4 is 0 Å². The van der Waals surface area contributed by atoms with Crippen molar-refractivity contribution in [1.29, 1.82) is 0 Å². The highest BCUT2D eigenvalue weighted by atomic mass is 79.9. The maximum Gasteiger partial charge on any atom is 0.325 e. The van der Waals surface area contributed by atoms with Crippen molar-refractivity contribution in [3.63, 3.8) is 0 Å². The fraction of sp³-hybridized carbons (Fsp3) is 0.400. The second-order valence-corrected chi connectivity index (χ2v) is 3.79. The van der Waals surface area contributed by atoms with Crippen LogP contribution in [-0.4, -0.2) is 17.6 Å². The predicted molar refractivity (Wildman–Crippen MR) is 57.3 cm³/mol. The summed E-state index contributed by atoms with van der Waals surface area (Å²) in [7, 11) is 0. The highest BCUT2D eigenvalue weighted by molar-refractivity contribution is 9.09. The Hall–Kier alpha value is -0.900. The number of alkyl halides is 1. The standard InChI is InChI=1S/C10H12BrNO2/c1-3-14-10(13)9(11)8-6-7(2)4-5-12-8/h4-6,9H,3H2,1-2H3. The molecule has 1 atom stereocenters. The molecule has 4 heteroatoms. The fourth-order valence-electron chi connectivity index (χ4n) is 1.03. The Labute approximate surface area is 91.6 Å². The van der Waals surface area contributed by atoms with Gasteiger partial charge in [-0.3, -0.25) is 9.78 Å². The molecule has 0 N–H and O–H groups in total. The normalized spacial score (nSPS) is 12.2. The molecule has 14 heavy (non-hydrogen) atoms. The van der Waals surface area contributed by atoms with Crippen molar-refractivity contribution in [1.82, 2.24) is 4.98 Å². The largest absolute Gasteiger partial charge is 0.465 e. The van der Waals surface area contributed by atoms with E-state index in [1.165, 1.54) is 0 Å². The van der Waals surface area contributed by atoms with Crippen molar-refractivity contribution in [2.45, 2.75) is 18.7 Å². The lowest BCUT2D eigenvalue weighted by Gasteiger charge is -2.08. The van der Waals surface area contributed by atoms with Gasteiger partial charge in [0.05, 0.1) is 12.3 Å². The molecule has 76 valence electrons. The molecule has 0 radical (unpaired) electrons. The van der Waals surface area contributed by atoms with Crippen LogP contribution in [0.4, 0.5) is 0 Å². The Morgan fingerprint density at radius 2 is 2.43 bits per heavy atom. The van der Waals surface area contributed by atoms with Gasteiger partial charge in [-0.2, -0.15) is 0 Å². The molecule has 0 fully saturated rings. The lowest BCUT2D eigenvalue weighted by Crippen LogP contribution is -2.11. The van der Waals surface area contributed by atoms with Crippen molar-refractivity contribution in [3.8, 4) is 0 Å². The van der Waals surface area contributed by atoms with Gasteiger partial charge in [0.2, 0.25) is 0 Å². The van der Waals surface area contributed by atoms with Gasteiger partial charge in [0.25, 0.3) is 0 Å². The Morgan fingerprint density at radius 3 is 3.00 bits per heavy atom. The summed E-state index contributed by atoms with van der Waals surface area (Å²) in [6.07, 6.45) is 1.68. The first-order valence-corrected chi connectivity index (χ1v) is 5.30. The Morgan fingerprint density at radius 1 is 1.71 bits per heavy atom. The van der Waals surface area contributed by atoms with Crippen LogP contribution in [-0.2, 0) is 9.53 Å². The van der Waals surface area contributed by atoms with Gasteiger partial charge < -0.3 is 4.74 Å². The summed E-state index contributed by atoms with van der Waals surface area (Å²) in [6.45, 7) is 4.12. The summed E-state index contributed by atoms with van der Waals surface area (Å²) in [6, 6.07) is 3.74. The number of nitrogens with zero attached hydrogens (tertiary/aromatic N) is 1. The Kier molecular flexibility index (Phi) is 4.07. The monoisotopic (exact) mass is 257 g/mol. The van der Waals surface area contributed by atoms with E-state index in [9.17, 15) is 4.79 Å². The van der Waals surface area contributed by atoms with Gasteiger partial charge in [0.15, 0.2) is 4.83 Å². The molecule has 1 aromatic heterocycles. The van der Waals surface area contributed by atoms with Gasteiger partial charge in [0.1, 0.15) is 0 Å². The van der Waals surface area contributed by atoms with E-state index in [0.29, 0.717) is 12.3 Å². The molecule has 0 saturated carbocycles.